The second kappa shape index (κ2) is 9.19. The van der Waals surface area contributed by atoms with Gasteiger partial charge in [0.15, 0.2) is 0 Å². The molecule has 0 aliphatic rings. The number of hydrogen-bond donors (Lipinski definition) is 1. The van der Waals surface area contributed by atoms with Crippen molar-refractivity contribution in [1.29, 1.82) is 0 Å². The number of halogens is 3. The Balaban J connectivity index is 0. The fraction of sp³-hybridized carbons (Fsp3) is 0.444. The molecule has 82 valence electrons. The summed E-state index contributed by atoms with van der Waals surface area (Å²) in [5.41, 5.74) is 0.945. The van der Waals surface area contributed by atoms with Crippen LogP contribution in [0.4, 0.5) is 4.39 Å². The Kier molecular flexibility index (Phi) is 10.5. The first kappa shape index (κ1) is 16.1. The molecule has 0 saturated heterocycles. The lowest BCUT2D eigenvalue weighted by atomic mass is 10.1. The van der Waals surface area contributed by atoms with Gasteiger partial charge in [0.1, 0.15) is 6.17 Å². The van der Waals surface area contributed by atoms with Gasteiger partial charge in [-0.05, 0) is 18.7 Å². The van der Waals surface area contributed by atoms with Crippen LogP contribution in [0.5, 0.6) is 0 Å². The quantitative estimate of drug-likeness (QED) is 0.872. The summed E-state index contributed by atoms with van der Waals surface area (Å²) in [5, 5.41) is 2.79. The molecule has 0 aliphatic carbocycles. The van der Waals surface area contributed by atoms with Gasteiger partial charge < -0.3 is 5.32 Å². The van der Waals surface area contributed by atoms with Gasteiger partial charge in [0.2, 0.25) is 0 Å². The standard InChI is InChI=1S/C9H13FN2.2ClH/c1-11-7-9(10)5-8-3-2-4-12-6-8;;/h2-4,6,9,11H,5,7H2,1H3;2*1H. The van der Waals surface area contributed by atoms with Gasteiger partial charge in [0.05, 0.1) is 0 Å². The molecule has 0 amide bonds. The molecule has 0 saturated carbocycles. The molecule has 1 N–H and O–H groups in total. The fourth-order valence-electron chi connectivity index (χ4n) is 1.07. The maximum atomic E-state index is 13.0. The summed E-state index contributed by atoms with van der Waals surface area (Å²) in [6, 6.07) is 3.71. The summed E-state index contributed by atoms with van der Waals surface area (Å²) in [6.07, 6.45) is 3.00. The first-order valence-electron chi connectivity index (χ1n) is 4.00. The van der Waals surface area contributed by atoms with Crippen molar-refractivity contribution in [3.8, 4) is 0 Å². The van der Waals surface area contributed by atoms with E-state index in [1.807, 2.05) is 12.1 Å². The van der Waals surface area contributed by atoms with Crippen LogP contribution in [0.25, 0.3) is 0 Å². The van der Waals surface area contributed by atoms with Crippen LogP contribution < -0.4 is 5.32 Å². The molecule has 1 aromatic heterocycles. The molecule has 1 heterocycles. The largest absolute Gasteiger partial charge is 0.317 e. The fourth-order valence-corrected chi connectivity index (χ4v) is 1.07. The molecule has 5 heteroatoms. The van der Waals surface area contributed by atoms with Crippen LogP contribution in [0.3, 0.4) is 0 Å². The first-order valence-corrected chi connectivity index (χ1v) is 4.00. The lowest BCUT2D eigenvalue weighted by Gasteiger charge is -2.05. The van der Waals surface area contributed by atoms with Crippen LogP contribution in [0.2, 0.25) is 0 Å². The number of pyridine rings is 1. The molecule has 0 fully saturated rings. The number of alkyl halides is 1. The van der Waals surface area contributed by atoms with E-state index in [1.54, 1.807) is 19.4 Å². The van der Waals surface area contributed by atoms with Gasteiger partial charge in [-0.1, -0.05) is 6.07 Å². The van der Waals surface area contributed by atoms with Crippen molar-refractivity contribution < 1.29 is 4.39 Å². The predicted molar refractivity (Wildman–Crippen MR) is 61.3 cm³/mol. The molecule has 0 radical (unpaired) electrons. The Labute approximate surface area is 96.1 Å². The van der Waals surface area contributed by atoms with Crippen molar-refractivity contribution in [3.63, 3.8) is 0 Å². The molecular weight excluding hydrogens is 226 g/mol. The van der Waals surface area contributed by atoms with E-state index in [9.17, 15) is 4.39 Å². The average Bonchev–Trinajstić information content (AvgIpc) is 2.06. The molecule has 0 bridgehead atoms. The summed E-state index contributed by atoms with van der Waals surface area (Å²) in [5.74, 6) is 0. The minimum atomic E-state index is -0.820. The topological polar surface area (TPSA) is 24.9 Å². The number of nitrogens with one attached hydrogen (secondary N) is 1. The molecule has 1 rings (SSSR count). The van der Waals surface area contributed by atoms with E-state index in [-0.39, 0.29) is 24.8 Å². The van der Waals surface area contributed by atoms with Gasteiger partial charge >= 0.3 is 0 Å². The highest BCUT2D eigenvalue weighted by atomic mass is 35.5. The Morgan fingerprint density at radius 3 is 2.71 bits per heavy atom. The zero-order valence-electron chi connectivity index (χ0n) is 7.94. The average molecular weight is 241 g/mol. The zero-order valence-corrected chi connectivity index (χ0v) is 9.58. The van der Waals surface area contributed by atoms with Crippen molar-refractivity contribution in [2.45, 2.75) is 12.6 Å². The molecular formula is C9H15Cl2FN2. The van der Waals surface area contributed by atoms with E-state index in [2.05, 4.69) is 10.3 Å². The Morgan fingerprint density at radius 1 is 1.50 bits per heavy atom. The van der Waals surface area contributed by atoms with Crippen LogP contribution in [-0.2, 0) is 6.42 Å². The number of aromatic nitrogens is 1. The summed E-state index contributed by atoms with van der Waals surface area (Å²) in [7, 11) is 1.75. The molecule has 0 spiro atoms. The van der Waals surface area contributed by atoms with Gasteiger partial charge in [0, 0.05) is 25.4 Å². The summed E-state index contributed by atoms with van der Waals surface area (Å²) in [6.45, 7) is 0.398. The monoisotopic (exact) mass is 240 g/mol. The first-order chi connectivity index (χ1) is 5.83. The van der Waals surface area contributed by atoms with Crippen molar-refractivity contribution in [3.05, 3.63) is 30.1 Å². The maximum Gasteiger partial charge on any atom is 0.117 e. The molecule has 2 nitrogen and oxygen atoms in total. The lowest BCUT2D eigenvalue weighted by molar-refractivity contribution is 0.324. The zero-order chi connectivity index (χ0) is 8.81. The maximum absolute atomic E-state index is 13.0. The number of rotatable bonds is 4. The van der Waals surface area contributed by atoms with Crippen LogP contribution >= 0.6 is 24.8 Å². The van der Waals surface area contributed by atoms with Gasteiger partial charge in [-0.15, -0.1) is 24.8 Å². The van der Waals surface area contributed by atoms with E-state index < -0.39 is 6.17 Å². The van der Waals surface area contributed by atoms with E-state index >= 15 is 0 Å². The van der Waals surface area contributed by atoms with Crippen molar-refractivity contribution in [2.24, 2.45) is 0 Å². The van der Waals surface area contributed by atoms with E-state index in [1.165, 1.54) is 0 Å². The van der Waals surface area contributed by atoms with Crippen molar-refractivity contribution in [2.75, 3.05) is 13.6 Å². The third-order valence-corrected chi connectivity index (χ3v) is 1.61. The van der Waals surface area contributed by atoms with Crippen LogP contribution in [-0.4, -0.2) is 24.7 Å². The van der Waals surface area contributed by atoms with Crippen LogP contribution in [0, 0.1) is 0 Å². The van der Waals surface area contributed by atoms with Crippen LogP contribution in [0.15, 0.2) is 24.5 Å². The summed E-state index contributed by atoms with van der Waals surface area (Å²) >= 11 is 0. The van der Waals surface area contributed by atoms with Crippen LogP contribution in [0.1, 0.15) is 5.56 Å². The van der Waals surface area contributed by atoms with Gasteiger partial charge in [-0.2, -0.15) is 0 Å². The van der Waals surface area contributed by atoms with E-state index in [4.69, 9.17) is 0 Å². The van der Waals surface area contributed by atoms with E-state index in [0.29, 0.717) is 13.0 Å². The minimum Gasteiger partial charge on any atom is -0.317 e. The molecule has 1 atom stereocenters. The third-order valence-electron chi connectivity index (χ3n) is 1.61. The highest BCUT2D eigenvalue weighted by Crippen LogP contribution is 2.02. The number of hydrogen-bond acceptors (Lipinski definition) is 2. The normalized spacial score (nSPS) is 11.0. The van der Waals surface area contributed by atoms with Crippen molar-refractivity contribution in [1.82, 2.24) is 10.3 Å². The van der Waals surface area contributed by atoms with Gasteiger partial charge in [-0.3, -0.25) is 4.98 Å². The highest BCUT2D eigenvalue weighted by Gasteiger charge is 2.05. The summed E-state index contributed by atoms with van der Waals surface area (Å²) in [4.78, 5) is 3.91. The lowest BCUT2D eigenvalue weighted by Crippen LogP contribution is -2.21. The molecule has 0 aliphatic heterocycles. The minimum absolute atomic E-state index is 0. The highest BCUT2D eigenvalue weighted by molar-refractivity contribution is 5.85. The Bertz CT molecular complexity index is 221. The second-order valence-electron chi connectivity index (χ2n) is 2.72. The predicted octanol–water partition coefficient (Wildman–Crippen LogP) is 2.03. The number of nitrogens with zero attached hydrogens (tertiary/aromatic N) is 1. The van der Waals surface area contributed by atoms with Gasteiger partial charge in [0.25, 0.3) is 0 Å². The molecule has 1 unspecified atom stereocenters. The Hall–Kier alpha value is -0.380. The third kappa shape index (κ3) is 6.13. The Morgan fingerprint density at radius 2 is 2.21 bits per heavy atom. The molecule has 1 aromatic rings. The second-order valence-corrected chi connectivity index (χ2v) is 2.72. The molecule has 14 heavy (non-hydrogen) atoms. The molecule has 0 aromatic carbocycles. The van der Waals surface area contributed by atoms with Gasteiger partial charge in [-0.25, -0.2) is 4.39 Å². The smallest absolute Gasteiger partial charge is 0.117 e. The van der Waals surface area contributed by atoms with E-state index in [0.717, 1.165) is 5.56 Å². The SMILES string of the molecule is CNCC(F)Cc1cccnc1.Cl.Cl. The van der Waals surface area contributed by atoms with Crippen molar-refractivity contribution >= 4 is 24.8 Å². The summed E-state index contributed by atoms with van der Waals surface area (Å²) < 4.78 is 13.0.